The summed E-state index contributed by atoms with van der Waals surface area (Å²) in [6.45, 7) is 4.43. The first kappa shape index (κ1) is 13.8. The van der Waals surface area contributed by atoms with Gasteiger partial charge in [-0.25, -0.2) is 0 Å². The highest BCUT2D eigenvalue weighted by Crippen LogP contribution is 2.19. The lowest BCUT2D eigenvalue weighted by Crippen LogP contribution is -2.02. The number of nitrogens with zero attached hydrogens (tertiary/aromatic N) is 1. The van der Waals surface area contributed by atoms with Gasteiger partial charge >= 0.3 is 0 Å². The van der Waals surface area contributed by atoms with Crippen molar-refractivity contribution in [2.75, 3.05) is 0 Å². The summed E-state index contributed by atoms with van der Waals surface area (Å²) in [5, 5.41) is 10.2. The maximum absolute atomic E-state index is 10.2. The molecule has 0 aliphatic heterocycles. The monoisotopic (exact) mass is 255 g/mol. The van der Waals surface area contributed by atoms with Crippen molar-refractivity contribution in [2.45, 2.75) is 32.8 Å². The zero-order valence-corrected chi connectivity index (χ0v) is 11.6. The van der Waals surface area contributed by atoms with Gasteiger partial charge < -0.3 is 5.11 Å². The molecule has 2 nitrogen and oxygen atoms in total. The summed E-state index contributed by atoms with van der Waals surface area (Å²) in [5.74, 6) is 0.660. The minimum Gasteiger partial charge on any atom is -0.388 e. The van der Waals surface area contributed by atoms with Crippen molar-refractivity contribution in [3.05, 3.63) is 65.5 Å². The summed E-state index contributed by atoms with van der Waals surface area (Å²) in [5.41, 5.74) is 3.41. The van der Waals surface area contributed by atoms with Crippen LogP contribution in [-0.2, 0) is 12.8 Å². The molecule has 1 heterocycles. The third-order valence-electron chi connectivity index (χ3n) is 3.19. The van der Waals surface area contributed by atoms with Crippen LogP contribution in [0.5, 0.6) is 0 Å². The van der Waals surface area contributed by atoms with Crippen LogP contribution in [0.3, 0.4) is 0 Å². The standard InChI is InChI=1S/C17H21NO/c1-13(2)11-14-3-5-16(6-4-14)17(19)12-15-7-9-18-10-8-15/h3-10,13,17,19H,11-12H2,1-2H3. The van der Waals surface area contributed by atoms with E-state index in [2.05, 4.69) is 31.0 Å². The van der Waals surface area contributed by atoms with Crippen molar-refractivity contribution in [3.63, 3.8) is 0 Å². The molecule has 1 unspecified atom stereocenters. The SMILES string of the molecule is CC(C)Cc1ccc(C(O)Cc2ccncc2)cc1. The molecule has 19 heavy (non-hydrogen) atoms. The van der Waals surface area contributed by atoms with Crippen molar-refractivity contribution >= 4 is 0 Å². The van der Waals surface area contributed by atoms with Crippen molar-refractivity contribution in [1.82, 2.24) is 4.98 Å². The molecule has 1 N–H and O–H groups in total. The number of benzene rings is 1. The van der Waals surface area contributed by atoms with Crippen molar-refractivity contribution in [3.8, 4) is 0 Å². The zero-order valence-electron chi connectivity index (χ0n) is 11.6. The lowest BCUT2D eigenvalue weighted by atomic mass is 9.98. The summed E-state index contributed by atoms with van der Waals surface area (Å²) in [4.78, 5) is 3.98. The van der Waals surface area contributed by atoms with Gasteiger partial charge in [-0.1, -0.05) is 38.1 Å². The minimum absolute atomic E-state index is 0.449. The second-order valence-electron chi connectivity index (χ2n) is 5.41. The van der Waals surface area contributed by atoms with E-state index >= 15 is 0 Å². The summed E-state index contributed by atoms with van der Waals surface area (Å²) >= 11 is 0. The second kappa shape index (κ2) is 6.48. The fourth-order valence-corrected chi connectivity index (χ4v) is 2.21. The average molecular weight is 255 g/mol. The molecule has 0 aliphatic carbocycles. The Kier molecular flexibility index (Phi) is 4.69. The Labute approximate surface area is 115 Å². The van der Waals surface area contributed by atoms with Crippen LogP contribution in [0.4, 0.5) is 0 Å². The summed E-state index contributed by atoms with van der Waals surface area (Å²) in [7, 11) is 0. The fourth-order valence-electron chi connectivity index (χ4n) is 2.21. The molecule has 2 aromatic rings. The number of rotatable bonds is 5. The van der Waals surface area contributed by atoms with Crippen LogP contribution in [-0.4, -0.2) is 10.1 Å². The number of aromatic nitrogens is 1. The molecule has 0 amide bonds. The normalized spacial score (nSPS) is 12.6. The summed E-state index contributed by atoms with van der Waals surface area (Å²) < 4.78 is 0. The van der Waals surface area contributed by atoms with Gasteiger partial charge in [-0.05, 0) is 41.2 Å². The highest BCUT2D eigenvalue weighted by Gasteiger charge is 2.08. The second-order valence-corrected chi connectivity index (χ2v) is 5.41. The van der Waals surface area contributed by atoms with E-state index in [1.54, 1.807) is 12.4 Å². The van der Waals surface area contributed by atoms with E-state index in [9.17, 15) is 5.11 Å². The van der Waals surface area contributed by atoms with Crippen LogP contribution in [0.25, 0.3) is 0 Å². The molecule has 0 spiro atoms. The van der Waals surface area contributed by atoms with Crippen LogP contribution < -0.4 is 0 Å². The van der Waals surface area contributed by atoms with Gasteiger partial charge in [0.15, 0.2) is 0 Å². The molecule has 1 aromatic heterocycles. The van der Waals surface area contributed by atoms with E-state index in [1.807, 2.05) is 24.3 Å². The number of pyridine rings is 1. The van der Waals surface area contributed by atoms with Crippen molar-refractivity contribution < 1.29 is 5.11 Å². The topological polar surface area (TPSA) is 33.1 Å². The summed E-state index contributed by atoms with van der Waals surface area (Å²) in [6.07, 6.45) is 4.78. The van der Waals surface area contributed by atoms with Gasteiger partial charge in [-0.15, -0.1) is 0 Å². The Bertz CT molecular complexity index is 490. The van der Waals surface area contributed by atoms with Gasteiger partial charge in [0.2, 0.25) is 0 Å². The maximum atomic E-state index is 10.2. The van der Waals surface area contributed by atoms with Gasteiger partial charge in [0.1, 0.15) is 0 Å². The van der Waals surface area contributed by atoms with E-state index in [4.69, 9.17) is 0 Å². The molecule has 2 rings (SSSR count). The average Bonchev–Trinajstić information content (AvgIpc) is 2.40. The van der Waals surface area contributed by atoms with Crippen LogP contribution in [0.2, 0.25) is 0 Å². The molecule has 0 saturated heterocycles. The molecule has 1 aromatic carbocycles. The van der Waals surface area contributed by atoms with E-state index in [1.165, 1.54) is 5.56 Å². The molecule has 100 valence electrons. The maximum Gasteiger partial charge on any atom is 0.0830 e. The Morgan fingerprint density at radius 2 is 1.47 bits per heavy atom. The molecule has 1 atom stereocenters. The molecule has 0 bridgehead atoms. The number of aliphatic hydroxyl groups excluding tert-OH is 1. The smallest absolute Gasteiger partial charge is 0.0830 e. The number of hydrogen-bond donors (Lipinski definition) is 1. The quantitative estimate of drug-likeness (QED) is 0.886. The molecular weight excluding hydrogens is 234 g/mol. The van der Waals surface area contributed by atoms with Gasteiger partial charge in [-0.2, -0.15) is 0 Å². The van der Waals surface area contributed by atoms with Crippen molar-refractivity contribution in [1.29, 1.82) is 0 Å². The summed E-state index contributed by atoms with van der Waals surface area (Å²) in [6, 6.07) is 12.2. The highest BCUT2D eigenvalue weighted by atomic mass is 16.3. The Balaban J connectivity index is 2.01. The van der Waals surface area contributed by atoms with E-state index in [-0.39, 0.29) is 0 Å². The third-order valence-corrected chi connectivity index (χ3v) is 3.19. The predicted molar refractivity (Wildman–Crippen MR) is 77.9 cm³/mol. The molecule has 0 aliphatic rings. The lowest BCUT2D eigenvalue weighted by molar-refractivity contribution is 0.178. The molecule has 0 saturated carbocycles. The fraction of sp³-hybridized carbons (Fsp3) is 0.353. The van der Waals surface area contributed by atoms with Gasteiger partial charge in [0.05, 0.1) is 6.10 Å². The Morgan fingerprint density at radius 1 is 0.895 bits per heavy atom. The van der Waals surface area contributed by atoms with Crippen molar-refractivity contribution in [2.24, 2.45) is 5.92 Å². The molecule has 2 heteroatoms. The number of hydrogen-bond acceptors (Lipinski definition) is 2. The van der Waals surface area contributed by atoms with Gasteiger partial charge in [-0.3, -0.25) is 4.98 Å². The largest absolute Gasteiger partial charge is 0.388 e. The molecular formula is C17H21NO. The van der Waals surface area contributed by atoms with Crippen LogP contribution >= 0.6 is 0 Å². The van der Waals surface area contributed by atoms with Crippen LogP contribution in [0.1, 0.15) is 36.6 Å². The number of aliphatic hydroxyl groups is 1. The van der Waals surface area contributed by atoms with E-state index in [0.29, 0.717) is 12.3 Å². The van der Waals surface area contributed by atoms with E-state index < -0.39 is 6.10 Å². The zero-order chi connectivity index (χ0) is 13.7. The van der Waals surface area contributed by atoms with Gasteiger partial charge in [0, 0.05) is 18.8 Å². The molecule has 0 radical (unpaired) electrons. The third kappa shape index (κ3) is 4.18. The lowest BCUT2D eigenvalue weighted by Gasteiger charge is -2.12. The highest BCUT2D eigenvalue weighted by molar-refractivity contribution is 5.26. The first-order valence-electron chi connectivity index (χ1n) is 6.81. The first-order valence-corrected chi connectivity index (χ1v) is 6.81. The minimum atomic E-state index is -0.449. The van der Waals surface area contributed by atoms with E-state index in [0.717, 1.165) is 17.5 Å². The predicted octanol–water partition coefficient (Wildman–Crippen LogP) is 3.56. The first-order chi connectivity index (χ1) is 9.15. The Hall–Kier alpha value is -1.67. The molecule has 0 fully saturated rings. The Morgan fingerprint density at radius 3 is 2.05 bits per heavy atom. The van der Waals surface area contributed by atoms with Crippen LogP contribution in [0, 0.1) is 5.92 Å². The van der Waals surface area contributed by atoms with Gasteiger partial charge in [0.25, 0.3) is 0 Å². The van der Waals surface area contributed by atoms with Crippen LogP contribution in [0.15, 0.2) is 48.8 Å².